The number of carboxylic acids is 1. The molecule has 0 saturated carbocycles. The van der Waals surface area contributed by atoms with Crippen molar-refractivity contribution < 1.29 is 34.1 Å². The molecule has 1 aromatic rings. The summed E-state index contributed by atoms with van der Waals surface area (Å²) in [6.07, 6.45) is -0.666. The summed E-state index contributed by atoms with van der Waals surface area (Å²) in [5.74, 6) is -2.59. The summed E-state index contributed by atoms with van der Waals surface area (Å²) >= 11 is 0. The number of hydrogen-bond acceptors (Lipinski definition) is 6. The number of carbonyl (C=O) groups is 4. The van der Waals surface area contributed by atoms with Gasteiger partial charge in [0.05, 0.1) is 12.1 Å². The molecule has 10 heteroatoms. The number of carboxylic acid groups (broad SMARTS) is 1. The molecule has 3 rings (SSSR count). The molecule has 2 heterocycles. The van der Waals surface area contributed by atoms with Crippen molar-refractivity contribution in [2.24, 2.45) is 0 Å². The third-order valence-corrected chi connectivity index (χ3v) is 4.89. The number of ether oxygens (including phenoxy) is 1. The number of amides is 3. The van der Waals surface area contributed by atoms with Gasteiger partial charge in [0, 0.05) is 6.42 Å². The SMILES string of the molecule is CC(C)(C)OC(=O)N[C@@H](C(=O)N[C@H]1C(=O)N2C(C(=O)O)=C[C@H](O)C[C@@H]12)c1ccccc1. The van der Waals surface area contributed by atoms with E-state index >= 15 is 0 Å². The van der Waals surface area contributed by atoms with Gasteiger partial charge in [-0.2, -0.15) is 0 Å². The molecule has 0 radical (unpaired) electrons. The summed E-state index contributed by atoms with van der Waals surface area (Å²) < 4.78 is 5.24. The minimum atomic E-state index is -1.34. The van der Waals surface area contributed by atoms with Crippen LogP contribution in [0.4, 0.5) is 4.79 Å². The highest BCUT2D eigenvalue weighted by atomic mass is 16.6. The zero-order chi connectivity index (χ0) is 22.9. The van der Waals surface area contributed by atoms with Crippen LogP contribution in [-0.4, -0.2) is 62.8 Å². The van der Waals surface area contributed by atoms with Crippen molar-refractivity contribution in [3.63, 3.8) is 0 Å². The number of hydrogen-bond donors (Lipinski definition) is 4. The van der Waals surface area contributed by atoms with E-state index in [0.717, 1.165) is 11.0 Å². The van der Waals surface area contributed by atoms with Crippen molar-refractivity contribution in [2.75, 3.05) is 0 Å². The van der Waals surface area contributed by atoms with E-state index in [0.29, 0.717) is 5.56 Å². The van der Waals surface area contributed by atoms with Crippen LogP contribution in [-0.2, 0) is 19.1 Å². The maximum atomic E-state index is 13.0. The molecule has 1 fully saturated rings. The molecule has 0 spiro atoms. The molecule has 166 valence electrons. The summed E-state index contributed by atoms with van der Waals surface area (Å²) in [6.45, 7) is 5.06. The second-order valence-electron chi connectivity index (χ2n) is 8.41. The Hall–Kier alpha value is -3.40. The van der Waals surface area contributed by atoms with Gasteiger partial charge in [0.25, 0.3) is 5.91 Å². The summed E-state index contributed by atoms with van der Waals surface area (Å²) in [4.78, 5) is 50.3. The molecule has 2 aliphatic heterocycles. The Morgan fingerprint density at radius 1 is 1.19 bits per heavy atom. The van der Waals surface area contributed by atoms with Gasteiger partial charge in [0.15, 0.2) is 0 Å². The molecule has 0 aliphatic carbocycles. The Morgan fingerprint density at radius 3 is 2.42 bits per heavy atom. The first-order valence-electron chi connectivity index (χ1n) is 9.79. The Kier molecular flexibility index (Phi) is 6.03. The summed E-state index contributed by atoms with van der Waals surface area (Å²) in [6, 6.07) is 5.59. The number of benzene rings is 1. The van der Waals surface area contributed by atoms with Crippen LogP contribution >= 0.6 is 0 Å². The van der Waals surface area contributed by atoms with E-state index in [1.807, 2.05) is 0 Å². The maximum absolute atomic E-state index is 13.0. The van der Waals surface area contributed by atoms with Gasteiger partial charge in [0.1, 0.15) is 23.4 Å². The van der Waals surface area contributed by atoms with E-state index in [1.54, 1.807) is 51.1 Å². The first-order chi connectivity index (χ1) is 14.5. The quantitative estimate of drug-likeness (QED) is 0.502. The van der Waals surface area contributed by atoms with Gasteiger partial charge in [-0.3, -0.25) is 14.5 Å². The van der Waals surface area contributed by atoms with E-state index in [1.165, 1.54) is 0 Å². The van der Waals surface area contributed by atoms with Crippen molar-refractivity contribution in [1.82, 2.24) is 15.5 Å². The van der Waals surface area contributed by atoms with Crippen LogP contribution in [0.1, 0.15) is 38.8 Å². The number of aliphatic carboxylic acids is 1. The van der Waals surface area contributed by atoms with Gasteiger partial charge in [-0.15, -0.1) is 0 Å². The zero-order valence-corrected chi connectivity index (χ0v) is 17.4. The molecule has 3 amide bonds. The number of aliphatic hydroxyl groups is 1. The molecule has 4 N–H and O–H groups in total. The smallest absolute Gasteiger partial charge is 0.408 e. The first kappa shape index (κ1) is 22.3. The number of aliphatic hydroxyl groups excluding tert-OH is 1. The van der Waals surface area contributed by atoms with E-state index in [9.17, 15) is 29.4 Å². The maximum Gasteiger partial charge on any atom is 0.408 e. The second kappa shape index (κ2) is 8.38. The average molecular weight is 431 g/mol. The molecule has 2 aliphatic rings. The lowest BCUT2D eigenvalue weighted by atomic mass is 9.85. The fraction of sp³-hybridized carbons (Fsp3) is 0.429. The van der Waals surface area contributed by atoms with Crippen LogP contribution in [0.5, 0.6) is 0 Å². The first-order valence-corrected chi connectivity index (χ1v) is 9.79. The van der Waals surface area contributed by atoms with Crippen LogP contribution in [0.3, 0.4) is 0 Å². The minimum Gasteiger partial charge on any atom is -0.477 e. The molecule has 4 atom stereocenters. The van der Waals surface area contributed by atoms with Gasteiger partial charge in [-0.25, -0.2) is 9.59 Å². The topological polar surface area (TPSA) is 145 Å². The lowest BCUT2D eigenvalue weighted by Gasteiger charge is -2.50. The molecule has 0 bridgehead atoms. The third kappa shape index (κ3) is 4.85. The van der Waals surface area contributed by atoms with E-state index in [4.69, 9.17) is 4.74 Å². The Labute approximate surface area is 178 Å². The van der Waals surface area contributed by atoms with Gasteiger partial charge >= 0.3 is 12.1 Å². The summed E-state index contributed by atoms with van der Waals surface area (Å²) in [7, 11) is 0. The van der Waals surface area contributed by atoms with Crippen LogP contribution in [0.2, 0.25) is 0 Å². The van der Waals surface area contributed by atoms with Crippen LogP contribution in [0.25, 0.3) is 0 Å². The number of alkyl carbamates (subject to hydrolysis) is 1. The zero-order valence-electron chi connectivity index (χ0n) is 17.4. The van der Waals surface area contributed by atoms with Crippen LogP contribution < -0.4 is 10.6 Å². The Morgan fingerprint density at radius 2 is 1.84 bits per heavy atom. The lowest BCUT2D eigenvalue weighted by Crippen LogP contribution is -2.72. The summed E-state index contributed by atoms with van der Waals surface area (Å²) in [5.41, 5.74) is -0.612. The largest absolute Gasteiger partial charge is 0.477 e. The minimum absolute atomic E-state index is 0.0863. The predicted octanol–water partition coefficient (Wildman–Crippen LogP) is 0.681. The third-order valence-electron chi connectivity index (χ3n) is 4.89. The molecule has 0 aromatic heterocycles. The molecular formula is C21H25N3O7. The van der Waals surface area contributed by atoms with Crippen molar-refractivity contribution in [2.45, 2.75) is 57.0 Å². The van der Waals surface area contributed by atoms with Crippen LogP contribution in [0.15, 0.2) is 42.1 Å². The van der Waals surface area contributed by atoms with E-state index in [-0.39, 0.29) is 12.1 Å². The Balaban J connectivity index is 1.77. The number of fused-ring (bicyclic) bond motifs is 1. The van der Waals surface area contributed by atoms with E-state index in [2.05, 4.69) is 10.6 Å². The van der Waals surface area contributed by atoms with Gasteiger partial charge in [-0.05, 0) is 32.4 Å². The highest BCUT2D eigenvalue weighted by Gasteiger charge is 2.53. The fourth-order valence-corrected chi connectivity index (χ4v) is 3.60. The van der Waals surface area contributed by atoms with Crippen LogP contribution in [0, 0.1) is 0 Å². The van der Waals surface area contributed by atoms with Crippen molar-refractivity contribution in [3.05, 3.63) is 47.7 Å². The molecule has 31 heavy (non-hydrogen) atoms. The monoisotopic (exact) mass is 431 g/mol. The summed E-state index contributed by atoms with van der Waals surface area (Å²) in [5, 5.41) is 24.3. The number of nitrogens with zero attached hydrogens (tertiary/aromatic N) is 1. The van der Waals surface area contributed by atoms with E-state index < -0.39 is 53.7 Å². The van der Waals surface area contributed by atoms with Gasteiger partial charge in [-0.1, -0.05) is 30.3 Å². The standard InChI is InChI=1S/C21H25N3O7/c1-21(2,3)31-20(30)23-15(11-7-5-4-6-8-11)17(26)22-16-13-9-12(25)10-14(19(28)29)24(13)18(16)27/h4-8,10,12-13,15-16,25H,9H2,1-3H3,(H,22,26)(H,23,30)(H,28,29)/t12-,13+,15-,16-/m1/s1. The molecular weight excluding hydrogens is 406 g/mol. The molecule has 10 nitrogen and oxygen atoms in total. The number of carbonyl (C=O) groups excluding carboxylic acids is 3. The molecule has 1 aromatic carbocycles. The predicted molar refractivity (Wildman–Crippen MR) is 107 cm³/mol. The lowest BCUT2D eigenvalue weighted by molar-refractivity contribution is -0.157. The fourth-order valence-electron chi connectivity index (χ4n) is 3.60. The van der Waals surface area contributed by atoms with Gasteiger partial charge in [0.2, 0.25) is 5.91 Å². The average Bonchev–Trinajstić information content (AvgIpc) is 2.68. The Bertz CT molecular complexity index is 923. The molecule has 1 saturated heterocycles. The van der Waals surface area contributed by atoms with Crippen molar-refractivity contribution in [1.29, 1.82) is 0 Å². The number of nitrogens with one attached hydrogen (secondary N) is 2. The highest BCUT2D eigenvalue weighted by molar-refractivity contribution is 6.02. The second-order valence-corrected chi connectivity index (χ2v) is 8.41. The number of rotatable bonds is 5. The van der Waals surface area contributed by atoms with Gasteiger partial charge < -0.3 is 25.6 Å². The van der Waals surface area contributed by atoms with Crippen molar-refractivity contribution in [3.8, 4) is 0 Å². The molecule has 0 unspecified atom stereocenters. The highest BCUT2D eigenvalue weighted by Crippen LogP contribution is 2.33. The van der Waals surface area contributed by atoms with Crippen molar-refractivity contribution >= 4 is 23.9 Å². The number of β-lactam (4-membered cyclic amide) rings is 1. The normalized spacial score (nSPS) is 23.6.